The molecular formula is C17H27NO. The Labute approximate surface area is 117 Å². The summed E-state index contributed by atoms with van der Waals surface area (Å²) >= 11 is 0. The summed E-state index contributed by atoms with van der Waals surface area (Å²) in [6.45, 7) is 5.37. The molecule has 0 unspecified atom stereocenters. The first-order valence-corrected chi connectivity index (χ1v) is 7.78. The highest BCUT2D eigenvalue weighted by Gasteiger charge is 2.12. The molecule has 1 fully saturated rings. The van der Waals surface area contributed by atoms with Gasteiger partial charge in [-0.15, -0.1) is 0 Å². The van der Waals surface area contributed by atoms with Crippen molar-refractivity contribution in [3.63, 3.8) is 0 Å². The number of ether oxygens (including phenoxy) is 1. The summed E-state index contributed by atoms with van der Waals surface area (Å²) in [4.78, 5) is 0. The molecule has 1 aliphatic rings. The van der Waals surface area contributed by atoms with Gasteiger partial charge in [0.2, 0.25) is 0 Å². The summed E-state index contributed by atoms with van der Waals surface area (Å²) < 4.78 is 5.86. The minimum Gasteiger partial charge on any atom is -0.491 e. The molecule has 1 atom stereocenters. The van der Waals surface area contributed by atoms with E-state index in [4.69, 9.17) is 4.74 Å². The summed E-state index contributed by atoms with van der Waals surface area (Å²) in [6, 6.07) is 8.36. The van der Waals surface area contributed by atoms with E-state index in [0.29, 0.717) is 0 Å². The van der Waals surface area contributed by atoms with Gasteiger partial charge in [-0.1, -0.05) is 32.3 Å². The van der Waals surface area contributed by atoms with Crippen molar-refractivity contribution in [1.29, 1.82) is 0 Å². The molecule has 0 aromatic heterocycles. The molecule has 2 rings (SSSR count). The zero-order chi connectivity index (χ0) is 13.5. The van der Waals surface area contributed by atoms with Crippen molar-refractivity contribution in [2.75, 3.05) is 11.9 Å². The highest BCUT2D eigenvalue weighted by molar-refractivity contribution is 5.48. The van der Waals surface area contributed by atoms with E-state index < -0.39 is 0 Å². The Morgan fingerprint density at radius 1 is 1.26 bits per heavy atom. The maximum Gasteiger partial charge on any atom is 0.121 e. The van der Waals surface area contributed by atoms with Gasteiger partial charge in [0.25, 0.3) is 0 Å². The van der Waals surface area contributed by atoms with E-state index in [-0.39, 0.29) is 6.10 Å². The van der Waals surface area contributed by atoms with Crippen LogP contribution in [-0.2, 0) is 0 Å². The van der Waals surface area contributed by atoms with Crippen molar-refractivity contribution in [2.24, 2.45) is 5.92 Å². The molecule has 0 bridgehead atoms. The van der Waals surface area contributed by atoms with Gasteiger partial charge in [0.1, 0.15) is 5.75 Å². The first-order valence-electron chi connectivity index (χ1n) is 7.78. The molecule has 1 aromatic carbocycles. The maximum absolute atomic E-state index is 5.86. The molecule has 2 nitrogen and oxygen atoms in total. The van der Waals surface area contributed by atoms with Gasteiger partial charge in [0.15, 0.2) is 0 Å². The van der Waals surface area contributed by atoms with Gasteiger partial charge in [0, 0.05) is 18.3 Å². The van der Waals surface area contributed by atoms with Gasteiger partial charge < -0.3 is 10.1 Å². The van der Waals surface area contributed by atoms with E-state index in [1.807, 2.05) is 6.07 Å². The van der Waals surface area contributed by atoms with E-state index in [0.717, 1.165) is 24.6 Å². The molecule has 0 spiro atoms. The molecule has 1 aliphatic carbocycles. The zero-order valence-corrected chi connectivity index (χ0v) is 12.3. The van der Waals surface area contributed by atoms with Crippen LogP contribution in [0.1, 0.15) is 52.4 Å². The number of anilines is 1. The largest absolute Gasteiger partial charge is 0.491 e. The molecule has 19 heavy (non-hydrogen) atoms. The van der Waals surface area contributed by atoms with Crippen molar-refractivity contribution >= 4 is 5.69 Å². The number of nitrogens with one attached hydrogen (secondary N) is 1. The summed E-state index contributed by atoms with van der Waals surface area (Å²) in [6.07, 6.45) is 8.33. The van der Waals surface area contributed by atoms with Gasteiger partial charge in [-0.2, -0.15) is 0 Å². The summed E-state index contributed by atoms with van der Waals surface area (Å²) in [7, 11) is 0. The third kappa shape index (κ3) is 4.77. The fourth-order valence-electron chi connectivity index (χ4n) is 2.65. The molecule has 2 heteroatoms. The van der Waals surface area contributed by atoms with E-state index in [1.165, 1.54) is 37.8 Å². The fraction of sp³-hybridized carbons (Fsp3) is 0.647. The first kappa shape index (κ1) is 14.2. The van der Waals surface area contributed by atoms with Crippen molar-refractivity contribution in [1.82, 2.24) is 0 Å². The number of hydrogen-bond acceptors (Lipinski definition) is 2. The molecule has 0 amide bonds. The molecule has 0 heterocycles. The van der Waals surface area contributed by atoms with Crippen LogP contribution in [0.4, 0.5) is 5.69 Å². The zero-order valence-electron chi connectivity index (χ0n) is 12.3. The van der Waals surface area contributed by atoms with E-state index in [1.54, 1.807) is 0 Å². The lowest BCUT2D eigenvalue weighted by atomic mass is 9.89. The average molecular weight is 261 g/mol. The van der Waals surface area contributed by atoms with Crippen molar-refractivity contribution in [3.05, 3.63) is 24.3 Å². The molecule has 1 saturated carbocycles. The highest BCUT2D eigenvalue weighted by atomic mass is 16.5. The van der Waals surface area contributed by atoms with Gasteiger partial charge in [-0.25, -0.2) is 0 Å². The molecule has 1 aromatic rings. The Kier molecular flexibility index (Phi) is 5.56. The third-order valence-electron chi connectivity index (χ3n) is 4.07. The Balaban J connectivity index is 1.84. The molecule has 1 N–H and O–H groups in total. The smallest absolute Gasteiger partial charge is 0.121 e. The van der Waals surface area contributed by atoms with Crippen LogP contribution >= 0.6 is 0 Å². The lowest BCUT2D eigenvalue weighted by Crippen LogP contribution is -2.17. The molecule has 0 aliphatic heterocycles. The second-order valence-electron chi connectivity index (χ2n) is 5.75. The number of benzene rings is 1. The second-order valence-corrected chi connectivity index (χ2v) is 5.75. The average Bonchev–Trinajstić information content (AvgIpc) is 2.46. The predicted octanol–water partition coefficient (Wildman–Crippen LogP) is 4.86. The minimum absolute atomic E-state index is 0.286. The van der Waals surface area contributed by atoms with E-state index >= 15 is 0 Å². The van der Waals surface area contributed by atoms with Crippen LogP contribution in [-0.4, -0.2) is 12.6 Å². The van der Waals surface area contributed by atoms with Gasteiger partial charge in [-0.3, -0.25) is 0 Å². The van der Waals surface area contributed by atoms with Crippen LogP contribution in [0.2, 0.25) is 0 Å². The van der Waals surface area contributed by atoms with Crippen LogP contribution in [0.15, 0.2) is 24.3 Å². The SMILES string of the molecule is CC[C@@H](C)Oc1cccc(NCC2CCCCC2)c1. The maximum atomic E-state index is 5.86. The van der Waals surface area contributed by atoms with Crippen LogP contribution in [0.5, 0.6) is 5.75 Å². The van der Waals surface area contributed by atoms with Crippen molar-refractivity contribution in [3.8, 4) is 5.75 Å². The molecule has 0 saturated heterocycles. The Morgan fingerprint density at radius 2 is 2.05 bits per heavy atom. The monoisotopic (exact) mass is 261 g/mol. The fourth-order valence-corrected chi connectivity index (χ4v) is 2.65. The lowest BCUT2D eigenvalue weighted by Gasteiger charge is -2.22. The first-order chi connectivity index (χ1) is 9.28. The predicted molar refractivity (Wildman–Crippen MR) is 81.9 cm³/mol. The summed E-state index contributed by atoms with van der Waals surface area (Å²) in [5, 5.41) is 3.57. The van der Waals surface area contributed by atoms with Gasteiger partial charge in [0.05, 0.1) is 6.10 Å². The summed E-state index contributed by atoms with van der Waals surface area (Å²) in [5.74, 6) is 1.83. The van der Waals surface area contributed by atoms with E-state index in [2.05, 4.69) is 37.4 Å². The van der Waals surface area contributed by atoms with Crippen LogP contribution in [0.3, 0.4) is 0 Å². The van der Waals surface area contributed by atoms with Crippen molar-refractivity contribution in [2.45, 2.75) is 58.5 Å². The lowest BCUT2D eigenvalue weighted by molar-refractivity contribution is 0.217. The van der Waals surface area contributed by atoms with Crippen LogP contribution in [0.25, 0.3) is 0 Å². The molecule has 106 valence electrons. The van der Waals surface area contributed by atoms with Crippen molar-refractivity contribution < 1.29 is 4.74 Å². The number of hydrogen-bond donors (Lipinski definition) is 1. The van der Waals surface area contributed by atoms with Gasteiger partial charge >= 0.3 is 0 Å². The van der Waals surface area contributed by atoms with E-state index in [9.17, 15) is 0 Å². The topological polar surface area (TPSA) is 21.3 Å². The Morgan fingerprint density at radius 3 is 2.79 bits per heavy atom. The Hall–Kier alpha value is -1.18. The molecule has 0 radical (unpaired) electrons. The number of rotatable bonds is 6. The highest BCUT2D eigenvalue weighted by Crippen LogP contribution is 2.25. The van der Waals surface area contributed by atoms with Gasteiger partial charge in [-0.05, 0) is 44.2 Å². The second kappa shape index (κ2) is 7.42. The normalized spacial score (nSPS) is 18.0. The third-order valence-corrected chi connectivity index (χ3v) is 4.07. The quantitative estimate of drug-likeness (QED) is 0.790. The molecular weight excluding hydrogens is 234 g/mol. The summed E-state index contributed by atoms with van der Waals surface area (Å²) in [5.41, 5.74) is 1.19. The standard InChI is InChI=1S/C17H27NO/c1-3-14(2)19-17-11-7-10-16(12-17)18-13-15-8-5-4-6-9-15/h7,10-12,14-15,18H,3-6,8-9,13H2,1-2H3/t14-/m1/s1. The minimum atomic E-state index is 0.286. The van der Waals surface area contributed by atoms with Crippen LogP contribution in [0, 0.1) is 5.92 Å². The Bertz CT molecular complexity index is 371. The van der Waals surface area contributed by atoms with Crippen LogP contribution < -0.4 is 10.1 Å².